The van der Waals surface area contributed by atoms with Crippen molar-refractivity contribution in [3.05, 3.63) is 60.4 Å². The molecule has 2 aliphatic heterocycles. The van der Waals surface area contributed by atoms with Crippen LogP contribution in [0.5, 0.6) is 0 Å². The number of likely N-dealkylation sites (tertiary alicyclic amines) is 1. The van der Waals surface area contributed by atoms with E-state index < -0.39 is 5.92 Å². The Hall–Kier alpha value is -2.77. The molecule has 7 heteroatoms. The van der Waals surface area contributed by atoms with E-state index in [1.54, 1.807) is 5.01 Å². The summed E-state index contributed by atoms with van der Waals surface area (Å²) in [5.74, 6) is -1.27. The summed E-state index contributed by atoms with van der Waals surface area (Å²) in [4.78, 5) is 27.8. The number of rotatable bonds is 3. The Morgan fingerprint density at radius 2 is 1.81 bits per heavy atom. The lowest BCUT2D eigenvalue weighted by Gasteiger charge is -2.36. The van der Waals surface area contributed by atoms with Crippen LogP contribution in [-0.4, -0.2) is 42.9 Å². The second-order valence-electron chi connectivity index (χ2n) is 7.09. The average Bonchev–Trinajstić information content (AvgIpc) is 3.00. The third-order valence-electron chi connectivity index (χ3n) is 5.16. The van der Waals surface area contributed by atoms with Gasteiger partial charge in [0.25, 0.3) is 0 Å². The summed E-state index contributed by atoms with van der Waals surface area (Å²) in [5, 5.41) is 4.39. The molecule has 2 N–H and O–H groups in total. The third kappa shape index (κ3) is 3.43. The van der Waals surface area contributed by atoms with Gasteiger partial charge in [0, 0.05) is 18.8 Å². The standard InChI is InChI=1S/C20H21FN4O2/c1-24-11-16(19(26)22-14-9-7-13(21)8-10-14)18-17(12-24)20(27)25(23-18)15-5-3-2-4-6-15/h2-10,16-18,23H,11-12H2,1H3,(H,22,26). The SMILES string of the molecule is CN1CC(C(=O)Nc2ccc(F)cc2)C2NN(c3ccccc3)C(=O)C2C1. The van der Waals surface area contributed by atoms with E-state index in [1.165, 1.54) is 24.3 Å². The molecule has 2 amide bonds. The molecule has 0 aromatic heterocycles. The molecular weight excluding hydrogens is 347 g/mol. The maximum Gasteiger partial charge on any atom is 0.247 e. The number of hydrazine groups is 1. The molecule has 2 aromatic carbocycles. The number of nitrogens with one attached hydrogen (secondary N) is 2. The van der Waals surface area contributed by atoms with Crippen LogP contribution in [0.25, 0.3) is 0 Å². The van der Waals surface area contributed by atoms with Crippen molar-refractivity contribution >= 4 is 23.2 Å². The summed E-state index contributed by atoms with van der Waals surface area (Å²) in [6.45, 7) is 1.14. The molecule has 2 aromatic rings. The zero-order valence-corrected chi connectivity index (χ0v) is 14.9. The summed E-state index contributed by atoms with van der Waals surface area (Å²) in [6.07, 6.45) is 0. The van der Waals surface area contributed by atoms with Gasteiger partial charge in [-0.1, -0.05) is 18.2 Å². The molecule has 0 spiro atoms. The molecule has 2 aliphatic rings. The van der Waals surface area contributed by atoms with E-state index in [-0.39, 0.29) is 29.6 Å². The first-order valence-corrected chi connectivity index (χ1v) is 8.93. The van der Waals surface area contributed by atoms with Gasteiger partial charge in [-0.25, -0.2) is 14.8 Å². The first-order chi connectivity index (χ1) is 13.0. The number of hydrogen-bond acceptors (Lipinski definition) is 4. The summed E-state index contributed by atoms with van der Waals surface area (Å²) in [5.41, 5.74) is 4.54. The first-order valence-electron chi connectivity index (χ1n) is 8.93. The van der Waals surface area contributed by atoms with Crippen molar-refractivity contribution in [2.45, 2.75) is 6.04 Å². The van der Waals surface area contributed by atoms with Gasteiger partial charge < -0.3 is 10.2 Å². The monoisotopic (exact) mass is 368 g/mol. The van der Waals surface area contributed by atoms with Crippen molar-refractivity contribution in [1.29, 1.82) is 0 Å². The zero-order valence-electron chi connectivity index (χ0n) is 14.9. The Labute approximate surface area is 156 Å². The second-order valence-corrected chi connectivity index (χ2v) is 7.09. The third-order valence-corrected chi connectivity index (χ3v) is 5.16. The topological polar surface area (TPSA) is 64.7 Å². The maximum atomic E-state index is 13.1. The predicted octanol–water partition coefficient (Wildman–Crippen LogP) is 1.86. The van der Waals surface area contributed by atoms with Crippen LogP contribution in [0.1, 0.15) is 0 Å². The zero-order chi connectivity index (χ0) is 19.0. The quantitative estimate of drug-likeness (QED) is 0.868. The average molecular weight is 368 g/mol. The van der Waals surface area contributed by atoms with E-state index in [2.05, 4.69) is 10.7 Å². The molecule has 3 atom stereocenters. The molecule has 2 heterocycles. The van der Waals surface area contributed by atoms with Gasteiger partial charge >= 0.3 is 0 Å². The van der Waals surface area contributed by atoms with Gasteiger partial charge in [0.05, 0.1) is 23.6 Å². The smallest absolute Gasteiger partial charge is 0.247 e. The van der Waals surface area contributed by atoms with E-state index in [9.17, 15) is 14.0 Å². The number of piperidine rings is 1. The van der Waals surface area contributed by atoms with Crippen molar-refractivity contribution in [2.75, 3.05) is 30.5 Å². The molecule has 0 saturated carbocycles. The minimum Gasteiger partial charge on any atom is -0.326 e. The number of fused-ring (bicyclic) bond motifs is 1. The number of para-hydroxylation sites is 1. The second kappa shape index (κ2) is 7.09. The Kier molecular flexibility index (Phi) is 4.63. The van der Waals surface area contributed by atoms with Crippen LogP contribution in [0.15, 0.2) is 54.6 Å². The molecule has 3 unspecified atom stereocenters. The van der Waals surface area contributed by atoms with Crippen LogP contribution >= 0.6 is 0 Å². The summed E-state index contributed by atoms with van der Waals surface area (Å²) >= 11 is 0. The summed E-state index contributed by atoms with van der Waals surface area (Å²) in [7, 11) is 1.91. The lowest BCUT2D eigenvalue weighted by molar-refractivity contribution is -0.125. The molecule has 2 fully saturated rings. The summed E-state index contributed by atoms with van der Waals surface area (Å²) in [6, 6.07) is 14.7. The molecular formula is C20H21FN4O2. The van der Waals surface area contributed by atoms with Crippen molar-refractivity contribution in [3.63, 3.8) is 0 Å². The Bertz CT molecular complexity index is 843. The number of anilines is 2. The fraction of sp³-hybridized carbons (Fsp3) is 0.300. The molecule has 2 saturated heterocycles. The number of carbonyl (C=O) groups excluding carboxylic acids is 2. The molecule has 4 rings (SSSR count). The lowest BCUT2D eigenvalue weighted by Crippen LogP contribution is -2.55. The number of hydrogen-bond donors (Lipinski definition) is 2. The van der Waals surface area contributed by atoms with E-state index in [0.29, 0.717) is 18.8 Å². The predicted molar refractivity (Wildman–Crippen MR) is 100 cm³/mol. The van der Waals surface area contributed by atoms with Crippen molar-refractivity contribution in [3.8, 4) is 0 Å². The Morgan fingerprint density at radius 3 is 2.52 bits per heavy atom. The van der Waals surface area contributed by atoms with Gasteiger partial charge in [0.1, 0.15) is 5.82 Å². The van der Waals surface area contributed by atoms with Gasteiger partial charge in [-0.2, -0.15) is 0 Å². The van der Waals surface area contributed by atoms with Gasteiger partial charge in [-0.3, -0.25) is 9.59 Å². The molecule has 0 aliphatic carbocycles. The minimum absolute atomic E-state index is 0.0302. The van der Waals surface area contributed by atoms with Gasteiger partial charge in [-0.05, 0) is 43.4 Å². The van der Waals surface area contributed by atoms with Crippen molar-refractivity contribution < 1.29 is 14.0 Å². The number of halogens is 1. The van der Waals surface area contributed by atoms with Crippen LogP contribution in [0.4, 0.5) is 15.8 Å². The molecule has 140 valence electrons. The number of nitrogens with zero attached hydrogens (tertiary/aromatic N) is 2. The molecule has 27 heavy (non-hydrogen) atoms. The van der Waals surface area contributed by atoms with Crippen molar-refractivity contribution in [1.82, 2.24) is 10.3 Å². The van der Waals surface area contributed by atoms with Crippen LogP contribution in [0, 0.1) is 17.7 Å². The van der Waals surface area contributed by atoms with Gasteiger partial charge in [0.15, 0.2) is 0 Å². The number of carbonyl (C=O) groups is 2. The first kappa shape index (κ1) is 17.6. The fourth-order valence-electron chi connectivity index (χ4n) is 3.84. The molecule has 0 radical (unpaired) electrons. The highest BCUT2D eigenvalue weighted by atomic mass is 19.1. The van der Waals surface area contributed by atoms with Crippen molar-refractivity contribution in [2.24, 2.45) is 11.8 Å². The molecule has 6 nitrogen and oxygen atoms in total. The number of amides is 2. The normalized spacial score (nSPS) is 25.3. The number of benzene rings is 2. The van der Waals surface area contributed by atoms with Gasteiger partial charge in [0.2, 0.25) is 11.8 Å². The highest BCUT2D eigenvalue weighted by molar-refractivity contribution is 5.99. The Balaban J connectivity index is 1.55. The summed E-state index contributed by atoms with van der Waals surface area (Å²) < 4.78 is 13.1. The molecule has 0 bridgehead atoms. The minimum atomic E-state index is -0.406. The largest absolute Gasteiger partial charge is 0.326 e. The van der Waals surface area contributed by atoms with Gasteiger partial charge in [-0.15, -0.1) is 0 Å². The fourth-order valence-corrected chi connectivity index (χ4v) is 3.84. The van der Waals surface area contributed by atoms with E-state index in [4.69, 9.17) is 0 Å². The van der Waals surface area contributed by atoms with E-state index >= 15 is 0 Å². The van der Waals surface area contributed by atoms with Crippen LogP contribution in [0.3, 0.4) is 0 Å². The lowest BCUT2D eigenvalue weighted by atomic mass is 9.84. The Morgan fingerprint density at radius 1 is 1.11 bits per heavy atom. The van der Waals surface area contributed by atoms with Crippen LogP contribution < -0.4 is 15.8 Å². The highest BCUT2D eigenvalue weighted by Crippen LogP contribution is 2.31. The van der Waals surface area contributed by atoms with E-state index in [1.807, 2.05) is 42.3 Å². The maximum absolute atomic E-state index is 13.1. The van der Waals surface area contributed by atoms with E-state index in [0.717, 1.165) is 5.69 Å². The highest BCUT2D eigenvalue weighted by Gasteiger charge is 2.50. The van der Waals surface area contributed by atoms with Crippen LogP contribution in [-0.2, 0) is 9.59 Å². The van der Waals surface area contributed by atoms with Crippen LogP contribution in [0.2, 0.25) is 0 Å².